The first kappa shape index (κ1) is 28.9. The second-order valence-corrected chi connectivity index (χ2v) is 9.04. The highest BCUT2D eigenvalue weighted by atomic mass is 16.5. The van der Waals surface area contributed by atoms with Gasteiger partial charge in [-0.1, -0.05) is 60.7 Å². The number of pyridine rings is 1. The first-order chi connectivity index (χ1) is 19.8. The molecule has 0 atom stereocenters. The fourth-order valence-corrected chi connectivity index (χ4v) is 4.16. The third-order valence-corrected chi connectivity index (χ3v) is 6.12. The molecule has 4 aromatic rings. The molecule has 10 nitrogen and oxygen atoms in total. The van der Waals surface area contributed by atoms with Crippen molar-refractivity contribution in [2.45, 2.75) is 18.9 Å². The Bertz CT molecular complexity index is 1190. The first-order valence-electron chi connectivity index (χ1n) is 13.6. The summed E-state index contributed by atoms with van der Waals surface area (Å²) in [4.78, 5) is 17.8. The van der Waals surface area contributed by atoms with Crippen molar-refractivity contribution in [1.82, 2.24) is 19.9 Å². The first-order valence-corrected chi connectivity index (χ1v) is 13.6. The molecule has 0 aliphatic heterocycles. The molecule has 10 heteroatoms. The van der Waals surface area contributed by atoms with Gasteiger partial charge in [-0.2, -0.15) is 15.0 Å². The van der Waals surface area contributed by atoms with E-state index in [1.54, 1.807) is 12.4 Å². The van der Waals surface area contributed by atoms with Crippen molar-refractivity contribution in [1.29, 1.82) is 0 Å². The highest BCUT2D eigenvalue weighted by Crippen LogP contribution is 2.27. The number of hydrogen-bond acceptors (Lipinski definition) is 10. The van der Waals surface area contributed by atoms with Gasteiger partial charge >= 0.3 is 0 Å². The van der Waals surface area contributed by atoms with Crippen molar-refractivity contribution >= 4 is 17.8 Å². The molecule has 0 fully saturated rings. The minimum atomic E-state index is 0.254. The van der Waals surface area contributed by atoms with Crippen LogP contribution in [-0.4, -0.2) is 66.0 Å². The number of rotatable bonds is 18. The molecule has 0 unspecified atom stereocenters. The van der Waals surface area contributed by atoms with Crippen LogP contribution in [-0.2, 0) is 16.0 Å². The lowest BCUT2D eigenvalue weighted by Gasteiger charge is -2.19. The Kier molecular flexibility index (Phi) is 12.1. The molecule has 0 spiro atoms. The summed E-state index contributed by atoms with van der Waals surface area (Å²) in [5, 5.41) is 9.95. The summed E-state index contributed by atoms with van der Waals surface area (Å²) in [7, 11) is 0. The standard InChI is InChI=1S/C30H38N8O2/c31-14-19-39-21-22-40-20-18-34-29-36-28(37-30(38-29)35-23-24-11-15-32-16-12-24)33-17-13-27(25-7-3-1-4-8-25)26-9-5-2-6-10-26/h1-12,15-16,27H,13-14,17-23,31H2,(H3,33,34,35,36,37,38). The highest BCUT2D eigenvalue weighted by molar-refractivity contribution is 5.43. The van der Waals surface area contributed by atoms with E-state index in [1.165, 1.54) is 11.1 Å². The van der Waals surface area contributed by atoms with Gasteiger partial charge in [0, 0.05) is 44.5 Å². The molecule has 210 valence electrons. The fraction of sp³-hybridized carbons (Fsp3) is 0.333. The molecule has 0 saturated carbocycles. The number of anilines is 3. The summed E-state index contributed by atoms with van der Waals surface area (Å²) < 4.78 is 10.9. The molecule has 0 amide bonds. The second-order valence-electron chi connectivity index (χ2n) is 9.04. The van der Waals surface area contributed by atoms with E-state index in [2.05, 4.69) is 84.4 Å². The van der Waals surface area contributed by atoms with E-state index in [0.29, 0.717) is 70.5 Å². The van der Waals surface area contributed by atoms with Crippen LogP contribution in [0.5, 0.6) is 0 Å². The molecule has 4 rings (SSSR count). The minimum Gasteiger partial charge on any atom is -0.378 e. The van der Waals surface area contributed by atoms with Crippen LogP contribution < -0.4 is 21.7 Å². The Morgan fingerprint density at radius 1 is 0.625 bits per heavy atom. The Labute approximate surface area is 235 Å². The van der Waals surface area contributed by atoms with Crippen LogP contribution in [0.25, 0.3) is 0 Å². The van der Waals surface area contributed by atoms with Crippen molar-refractivity contribution in [3.63, 3.8) is 0 Å². The molecule has 40 heavy (non-hydrogen) atoms. The lowest BCUT2D eigenvalue weighted by atomic mass is 9.88. The topological polar surface area (TPSA) is 132 Å². The number of nitrogens with one attached hydrogen (secondary N) is 3. The average molecular weight is 543 g/mol. The predicted molar refractivity (Wildman–Crippen MR) is 158 cm³/mol. The molecule has 0 aliphatic rings. The van der Waals surface area contributed by atoms with Crippen LogP contribution >= 0.6 is 0 Å². The predicted octanol–water partition coefficient (Wildman–Crippen LogP) is 3.92. The number of benzene rings is 2. The smallest absolute Gasteiger partial charge is 0.229 e. The van der Waals surface area contributed by atoms with Crippen molar-refractivity contribution < 1.29 is 9.47 Å². The Balaban J connectivity index is 1.38. The van der Waals surface area contributed by atoms with E-state index >= 15 is 0 Å². The Morgan fingerprint density at radius 2 is 1.18 bits per heavy atom. The number of nitrogens with two attached hydrogens (primary N) is 1. The van der Waals surface area contributed by atoms with Crippen LogP contribution in [0.1, 0.15) is 29.0 Å². The van der Waals surface area contributed by atoms with Gasteiger partial charge in [0.1, 0.15) is 0 Å². The van der Waals surface area contributed by atoms with Crippen LogP contribution in [0.4, 0.5) is 17.8 Å². The highest BCUT2D eigenvalue weighted by Gasteiger charge is 2.14. The van der Waals surface area contributed by atoms with Gasteiger partial charge in [0.05, 0.1) is 26.4 Å². The molecule has 5 N–H and O–H groups in total. The second kappa shape index (κ2) is 16.8. The summed E-state index contributed by atoms with van der Waals surface area (Å²) in [6, 6.07) is 25.0. The van der Waals surface area contributed by atoms with E-state index in [9.17, 15) is 0 Å². The minimum absolute atomic E-state index is 0.254. The maximum absolute atomic E-state index is 5.61. The molecular weight excluding hydrogens is 504 g/mol. The maximum atomic E-state index is 5.61. The zero-order valence-electron chi connectivity index (χ0n) is 22.7. The van der Waals surface area contributed by atoms with E-state index in [1.807, 2.05) is 24.3 Å². The third-order valence-electron chi connectivity index (χ3n) is 6.12. The van der Waals surface area contributed by atoms with Crippen molar-refractivity contribution in [3.05, 3.63) is 102 Å². The van der Waals surface area contributed by atoms with E-state index < -0.39 is 0 Å². The van der Waals surface area contributed by atoms with E-state index in [-0.39, 0.29) is 5.92 Å². The quantitative estimate of drug-likeness (QED) is 0.137. The van der Waals surface area contributed by atoms with Gasteiger partial charge in [0.15, 0.2) is 0 Å². The summed E-state index contributed by atoms with van der Waals surface area (Å²) in [5.41, 5.74) is 9.07. The fourth-order valence-electron chi connectivity index (χ4n) is 4.16. The Hall–Kier alpha value is -4.12. The molecular formula is C30H38N8O2. The van der Waals surface area contributed by atoms with Gasteiger partial charge < -0.3 is 31.2 Å². The maximum Gasteiger partial charge on any atom is 0.229 e. The number of nitrogens with zero attached hydrogens (tertiary/aromatic N) is 4. The zero-order chi connectivity index (χ0) is 27.7. The molecule has 2 aromatic heterocycles. The average Bonchev–Trinajstić information content (AvgIpc) is 3.01. The van der Waals surface area contributed by atoms with Crippen molar-refractivity contribution in [2.24, 2.45) is 5.73 Å². The van der Waals surface area contributed by atoms with Crippen molar-refractivity contribution in [3.8, 4) is 0 Å². The summed E-state index contributed by atoms with van der Waals surface area (Å²) in [6.07, 6.45) is 4.41. The summed E-state index contributed by atoms with van der Waals surface area (Å²) >= 11 is 0. The molecule has 0 bridgehead atoms. The van der Waals surface area contributed by atoms with E-state index in [0.717, 1.165) is 12.0 Å². The molecule has 2 aromatic carbocycles. The monoisotopic (exact) mass is 542 g/mol. The normalized spacial score (nSPS) is 10.9. The van der Waals surface area contributed by atoms with Crippen LogP contribution in [0.15, 0.2) is 85.2 Å². The Morgan fingerprint density at radius 3 is 1.77 bits per heavy atom. The van der Waals surface area contributed by atoms with Crippen LogP contribution in [0, 0.1) is 0 Å². The number of aromatic nitrogens is 4. The largest absolute Gasteiger partial charge is 0.378 e. The molecule has 0 radical (unpaired) electrons. The lowest BCUT2D eigenvalue weighted by molar-refractivity contribution is 0.0547. The third kappa shape index (κ3) is 9.88. The van der Waals surface area contributed by atoms with Crippen LogP contribution in [0.3, 0.4) is 0 Å². The summed E-state index contributed by atoms with van der Waals surface area (Å²) in [5.74, 6) is 1.71. The van der Waals surface area contributed by atoms with Crippen molar-refractivity contribution in [2.75, 3.05) is 62.0 Å². The van der Waals surface area contributed by atoms with Gasteiger partial charge in [0.2, 0.25) is 17.8 Å². The number of hydrogen-bond donors (Lipinski definition) is 4. The molecule has 2 heterocycles. The lowest BCUT2D eigenvalue weighted by Crippen LogP contribution is -2.17. The van der Waals surface area contributed by atoms with Gasteiger partial charge in [-0.15, -0.1) is 0 Å². The van der Waals surface area contributed by atoms with E-state index in [4.69, 9.17) is 15.2 Å². The van der Waals surface area contributed by atoms with Gasteiger partial charge in [0.25, 0.3) is 0 Å². The van der Waals surface area contributed by atoms with Gasteiger partial charge in [-0.25, -0.2) is 0 Å². The zero-order valence-corrected chi connectivity index (χ0v) is 22.7. The van der Waals surface area contributed by atoms with Gasteiger partial charge in [-0.05, 0) is 35.2 Å². The van der Waals surface area contributed by atoms with Crippen LogP contribution in [0.2, 0.25) is 0 Å². The number of ether oxygens (including phenoxy) is 2. The van der Waals surface area contributed by atoms with Gasteiger partial charge in [-0.3, -0.25) is 4.98 Å². The molecule has 0 saturated heterocycles. The summed E-state index contributed by atoms with van der Waals surface area (Å²) in [6.45, 7) is 4.38. The SMILES string of the molecule is NCCOCCOCCNc1nc(NCCC(c2ccccc2)c2ccccc2)nc(NCc2ccncc2)n1. The molecule has 0 aliphatic carbocycles.